The van der Waals surface area contributed by atoms with Crippen molar-refractivity contribution in [1.82, 2.24) is 5.32 Å². The summed E-state index contributed by atoms with van der Waals surface area (Å²) in [5.41, 5.74) is 0.775. The molecule has 108 valence electrons. The zero-order valence-corrected chi connectivity index (χ0v) is 13.1. The highest BCUT2D eigenvalue weighted by Crippen LogP contribution is 2.28. The largest absolute Gasteiger partial charge is 0.316 e. The predicted molar refractivity (Wildman–Crippen MR) is 81.2 cm³/mol. The lowest BCUT2D eigenvalue weighted by Crippen LogP contribution is -2.26. The molecular weight excluding hydrogens is 261 g/mol. The van der Waals surface area contributed by atoms with E-state index in [1.807, 2.05) is 0 Å². The average molecular weight is 286 g/mol. The van der Waals surface area contributed by atoms with E-state index < -0.39 is 0 Å². The first-order valence-corrected chi connectivity index (χ1v) is 7.32. The van der Waals surface area contributed by atoms with E-state index in [4.69, 9.17) is 11.6 Å². The molecule has 1 rings (SSSR count). The quantitative estimate of drug-likeness (QED) is 0.717. The molecule has 0 aliphatic rings. The van der Waals surface area contributed by atoms with Crippen LogP contribution < -0.4 is 5.32 Å². The van der Waals surface area contributed by atoms with Gasteiger partial charge in [-0.3, -0.25) is 0 Å². The Morgan fingerprint density at radius 3 is 2.63 bits per heavy atom. The molecular formula is C16H25ClFN. The van der Waals surface area contributed by atoms with Gasteiger partial charge >= 0.3 is 0 Å². The van der Waals surface area contributed by atoms with Gasteiger partial charge in [0.1, 0.15) is 5.82 Å². The topological polar surface area (TPSA) is 12.0 Å². The fourth-order valence-corrected chi connectivity index (χ4v) is 2.29. The molecule has 0 aliphatic carbocycles. The maximum Gasteiger partial charge on any atom is 0.126 e. The normalized spacial score (nSPS) is 12.2. The molecule has 0 fully saturated rings. The van der Waals surface area contributed by atoms with Crippen molar-refractivity contribution in [2.75, 3.05) is 13.1 Å². The zero-order valence-electron chi connectivity index (χ0n) is 12.4. The first-order valence-electron chi connectivity index (χ1n) is 6.95. The van der Waals surface area contributed by atoms with E-state index >= 15 is 0 Å². The van der Waals surface area contributed by atoms with Gasteiger partial charge in [0.2, 0.25) is 0 Å². The van der Waals surface area contributed by atoms with Crippen LogP contribution in [0.25, 0.3) is 0 Å². The third kappa shape index (κ3) is 6.40. The van der Waals surface area contributed by atoms with E-state index in [-0.39, 0.29) is 11.2 Å². The minimum Gasteiger partial charge on any atom is -0.316 e. The van der Waals surface area contributed by atoms with Crippen LogP contribution in [0.2, 0.25) is 5.02 Å². The highest BCUT2D eigenvalue weighted by Gasteiger charge is 2.20. The van der Waals surface area contributed by atoms with Crippen LogP contribution in [0.4, 0.5) is 4.39 Å². The third-order valence-electron chi connectivity index (χ3n) is 3.21. The van der Waals surface area contributed by atoms with Crippen LogP contribution in [-0.2, 0) is 6.42 Å². The Bertz CT molecular complexity index is 402. The molecule has 0 saturated carbocycles. The molecule has 0 radical (unpaired) electrons. The Hall–Kier alpha value is -0.600. The summed E-state index contributed by atoms with van der Waals surface area (Å²) in [6, 6.07) is 4.78. The first-order chi connectivity index (χ1) is 8.80. The number of nitrogens with one attached hydrogen (secondary N) is 1. The second-order valence-electron chi connectivity index (χ2n) is 6.42. The van der Waals surface area contributed by atoms with E-state index in [0.29, 0.717) is 22.9 Å². The fourth-order valence-electron chi connectivity index (χ4n) is 2.10. The van der Waals surface area contributed by atoms with E-state index in [1.165, 1.54) is 6.07 Å². The first kappa shape index (κ1) is 16.5. The highest BCUT2D eigenvalue weighted by molar-refractivity contribution is 6.30. The van der Waals surface area contributed by atoms with Gasteiger partial charge in [-0.1, -0.05) is 39.3 Å². The molecule has 1 N–H and O–H groups in total. The van der Waals surface area contributed by atoms with Crippen LogP contribution in [0.15, 0.2) is 18.2 Å². The molecule has 0 bridgehead atoms. The molecule has 1 aromatic carbocycles. The van der Waals surface area contributed by atoms with E-state index in [0.717, 1.165) is 19.5 Å². The van der Waals surface area contributed by atoms with Gasteiger partial charge < -0.3 is 5.32 Å². The van der Waals surface area contributed by atoms with Crippen LogP contribution in [0.3, 0.4) is 0 Å². The summed E-state index contributed by atoms with van der Waals surface area (Å²) in [7, 11) is 0. The summed E-state index contributed by atoms with van der Waals surface area (Å²) in [5, 5.41) is 4.03. The van der Waals surface area contributed by atoms with Crippen molar-refractivity contribution in [3.63, 3.8) is 0 Å². The minimum atomic E-state index is -0.160. The van der Waals surface area contributed by atoms with Crippen molar-refractivity contribution in [2.24, 2.45) is 11.3 Å². The Labute approximate surface area is 121 Å². The SMILES string of the molecule is CC(C)CNCCC(C)(C)Cc1cc(Cl)ccc1F. The summed E-state index contributed by atoms with van der Waals surface area (Å²) in [6.45, 7) is 10.7. The second kappa shape index (κ2) is 7.25. The number of halogens is 2. The molecule has 0 heterocycles. The summed E-state index contributed by atoms with van der Waals surface area (Å²) in [4.78, 5) is 0. The van der Waals surface area contributed by atoms with Crippen molar-refractivity contribution >= 4 is 11.6 Å². The van der Waals surface area contributed by atoms with Crippen LogP contribution in [0, 0.1) is 17.2 Å². The van der Waals surface area contributed by atoms with Gasteiger partial charge in [0.25, 0.3) is 0 Å². The van der Waals surface area contributed by atoms with Gasteiger partial charge in [0.15, 0.2) is 0 Å². The number of hydrogen-bond donors (Lipinski definition) is 1. The van der Waals surface area contributed by atoms with Crippen molar-refractivity contribution in [3.05, 3.63) is 34.6 Å². The Morgan fingerprint density at radius 1 is 1.32 bits per heavy atom. The lowest BCUT2D eigenvalue weighted by Gasteiger charge is -2.25. The van der Waals surface area contributed by atoms with Gasteiger partial charge in [0, 0.05) is 5.02 Å². The third-order valence-corrected chi connectivity index (χ3v) is 3.44. The molecule has 1 nitrogen and oxygen atoms in total. The monoisotopic (exact) mass is 285 g/mol. The van der Waals surface area contributed by atoms with Crippen molar-refractivity contribution in [1.29, 1.82) is 0 Å². The maximum absolute atomic E-state index is 13.7. The lowest BCUT2D eigenvalue weighted by atomic mass is 9.82. The van der Waals surface area contributed by atoms with Crippen LogP contribution >= 0.6 is 11.6 Å². The molecule has 0 amide bonds. The zero-order chi connectivity index (χ0) is 14.5. The van der Waals surface area contributed by atoms with Crippen molar-refractivity contribution in [2.45, 2.75) is 40.5 Å². The van der Waals surface area contributed by atoms with Gasteiger partial charge in [-0.2, -0.15) is 0 Å². The molecule has 0 aliphatic heterocycles. The van der Waals surface area contributed by atoms with Crippen LogP contribution in [0.1, 0.15) is 39.7 Å². The molecule has 0 spiro atoms. The van der Waals surface area contributed by atoms with Crippen molar-refractivity contribution < 1.29 is 4.39 Å². The Morgan fingerprint density at radius 2 is 2.00 bits per heavy atom. The lowest BCUT2D eigenvalue weighted by molar-refractivity contribution is 0.318. The highest BCUT2D eigenvalue weighted by atomic mass is 35.5. The average Bonchev–Trinajstić information content (AvgIpc) is 2.29. The van der Waals surface area contributed by atoms with Gasteiger partial charge in [-0.05, 0) is 61.0 Å². The second-order valence-corrected chi connectivity index (χ2v) is 6.86. The summed E-state index contributed by atoms with van der Waals surface area (Å²) in [6.07, 6.45) is 1.73. The molecule has 1 aromatic rings. The Kier molecular flexibility index (Phi) is 6.28. The molecule has 0 aromatic heterocycles. The fraction of sp³-hybridized carbons (Fsp3) is 0.625. The molecule has 0 saturated heterocycles. The molecule has 0 atom stereocenters. The van der Waals surface area contributed by atoms with Crippen molar-refractivity contribution in [3.8, 4) is 0 Å². The van der Waals surface area contributed by atoms with E-state index in [1.54, 1.807) is 12.1 Å². The van der Waals surface area contributed by atoms with Crippen LogP contribution in [-0.4, -0.2) is 13.1 Å². The summed E-state index contributed by atoms with van der Waals surface area (Å²) in [5.74, 6) is 0.501. The smallest absolute Gasteiger partial charge is 0.126 e. The van der Waals surface area contributed by atoms with Crippen LogP contribution in [0.5, 0.6) is 0 Å². The predicted octanol–water partition coefficient (Wildman–Crippen LogP) is 4.68. The number of benzene rings is 1. The summed E-state index contributed by atoms with van der Waals surface area (Å²) < 4.78 is 13.7. The number of rotatable bonds is 7. The Balaban J connectivity index is 2.51. The van der Waals surface area contributed by atoms with Gasteiger partial charge in [0.05, 0.1) is 0 Å². The standard InChI is InChI=1S/C16H25ClFN/c1-12(2)11-19-8-7-16(3,4)10-13-9-14(17)5-6-15(13)18/h5-6,9,12,19H,7-8,10-11H2,1-4H3. The molecule has 19 heavy (non-hydrogen) atoms. The van der Waals surface area contributed by atoms with E-state index in [9.17, 15) is 4.39 Å². The molecule has 0 unspecified atom stereocenters. The maximum atomic E-state index is 13.7. The number of hydrogen-bond acceptors (Lipinski definition) is 1. The minimum absolute atomic E-state index is 0.0650. The van der Waals surface area contributed by atoms with Gasteiger partial charge in [-0.25, -0.2) is 4.39 Å². The van der Waals surface area contributed by atoms with E-state index in [2.05, 4.69) is 33.0 Å². The summed E-state index contributed by atoms with van der Waals surface area (Å²) >= 11 is 5.93. The van der Waals surface area contributed by atoms with Gasteiger partial charge in [-0.15, -0.1) is 0 Å². The molecule has 3 heteroatoms.